The van der Waals surface area contributed by atoms with Crippen LogP contribution in [0, 0.1) is 0 Å². The van der Waals surface area contributed by atoms with Gasteiger partial charge in [-0.1, -0.05) is 0 Å². The van der Waals surface area contributed by atoms with Gasteiger partial charge in [0.2, 0.25) is 0 Å². The lowest BCUT2D eigenvalue weighted by Gasteiger charge is -2.26. The molecule has 4 N–H and O–H groups in total. The highest BCUT2D eigenvalue weighted by Gasteiger charge is 2.23. The Bertz CT molecular complexity index is 261. The second kappa shape index (κ2) is 5.66. The number of carboxylic acids is 1. The maximum Gasteiger partial charge on any atom is 0.328 e. The van der Waals surface area contributed by atoms with Crippen LogP contribution in [0.25, 0.3) is 0 Å². The Morgan fingerprint density at radius 2 is 1.94 bits per heavy atom. The van der Waals surface area contributed by atoms with Gasteiger partial charge in [-0.15, -0.1) is 0 Å². The molecule has 0 aromatic rings. The summed E-state index contributed by atoms with van der Waals surface area (Å²) in [6, 6.07) is -2.00. The lowest BCUT2D eigenvalue weighted by atomic mass is 10.1. The monoisotopic (exact) mass is 234 g/mol. The summed E-state index contributed by atoms with van der Waals surface area (Å²) in [6.45, 7) is 2.42. The van der Waals surface area contributed by atoms with Gasteiger partial charge in [0.05, 0.1) is 18.8 Å². The van der Waals surface area contributed by atoms with Crippen molar-refractivity contribution < 1.29 is 24.9 Å². The molecule has 0 unspecified atom stereocenters. The third-order valence-corrected chi connectivity index (χ3v) is 1.75. The Kier molecular flexibility index (Phi) is 5.19. The van der Waals surface area contributed by atoms with Crippen LogP contribution in [-0.4, -0.2) is 64.1 Å². The molecule has 0 saturated carbocycles. The van der Waals surface area contributed by atoms with Crippen molar-refractivity contribution in [2.24, 2.45) is 0 Å². The summed E-state index contributed by atoms with van der Waals surface area (Å²) in [6.07, 6.45) is 0. The number of amides is 2. The predicted molar refractivity (Wildman–Crippen MR) is 56.0 cm³/mol. The molecule has 94 valence electrons. The van der Waals surface area contributed by atoms with Crippen molar-refractivity contribution in [2.45, 2.75) is 25.5 Å². The van der Waals surface area contributed by atoms with Gasteiger partial charge in [-0.2, -0.15) is 0 Å². The van der Waals surface area contributed by atoms with E-state index in [2.05, 4.69) is 5.32 Å². The second-order valence-electron chi connectivity index (χ2n) is 4.19. The first-order valence-corrected chi connectivity index (χ1v) is 4.75. The summed E-state index contributed by atoms with van der Waals surface area (Å²) in [7, 11) is 1.42. The van der Waals surface area contributed by atoms with E-state index in [1.54, 1.807) is 0 Å². The predicted octanol–water partition coefficient (Wildman–Crippen LogP) is -1.16. The lowest BCUT2D eigenvalue weighted by molar-refractivity contribution is -0.140. The van der Waals surface area contributed by atoms with Crippen LogP contribution in [0.1, 0.15) is 13.8 Å². The van der Waals surface area contributed by atoms with Crippen LogP contribution >= 0.6 is 0 Å². The van der Waals surface area contributed by atoms with Gasteiger partial charge in [0.1, 0.15) is 0 Å². The molecule has 0 rings (SSSR count). The van der Waals surface area contributed by atoms with E-state index in [0.29, 0.717) is 0 Å². The van der Waals surface area contributed by atoms with Gasteiger partial charge in [-0.05, 0) is 13.8 Å². The maximum atomic E-state index is 11.4. The minimum Gasteiger partial charge on any atom is -0.480 e. The van der Waals surface area contributed by atoms with Crippen LogP contribution in [0.3, 0.4) is 0 Å². The summed E-state index contributed by atoms with van der Waals surface area (Å²) in [5.41, 5.74) is -1.07. The number of carbonyl (C=O) groups excluding carboxylic acids is 1. The van der Waals surface area contributed by atoms with Crippen LogP contribution in [-0.2, 0) is 4.79 Å². The molecule has 0 spiro atoms. The standard InChI is InChI=1S/C9H18N2O5/c1-9(2,16)5-11(3)8(15)10-6(4-12)7(13)14/h6,12,16H,4-5H2,1-3H3,(H,10,15)(H,13,14)/t6-/m0/s1. The van der Waals surface area contributed by atoms with Gasteiger partial charge in [-0.25, -0.2) is 9.59 Å². The number of likely N-dealkylation sites (N-methyl/N-ethyl adjacent to an activating group) is 1. The normalized spacial score (nSPS) is 13.1. The first-order valence-electron chi connectivity index (χ1n) is 4.75. The number of nitrogens with one attached hydrogen (secondary N) is 1. The van der Waals surface area contributed by atoms with Crippen molar-refractivity contribution in [3.63, 3.8) is 0 Å². The van der Waals surface area contributed by atoms with Crippen molar-refractivity contribution in [3.8, 4) is 0 Å². The number of carboxylic acid groups (broad SMARTS) is 1. The SMILES string of the molecule is CN(CC(C)(C)O)C(=O)N[C@@H](CO)C(=O)O. The number of nitrogens with zero attached hydrogens (tertiary/aromatic N) is 1. The van der Waals surface area contributed by atoms with E-state index in [1.165, 1.54) is 20.9 Å². The molecule has 0 heterocycles. The van der Waals surface area contributed by atoms with Crippen molar-refractivity contribution in [1.82, 2.24) is 10.2 Å². The molecule has 0 aliphatic rings. The van der Waals surface area contributed by atoms with E-state index >= 15 is 0 Å². The zero-order valence-electron chi connectivity index (χ0n) is 9.60. The van der Waals surface area contributed by atoms with Crippen molar-refractivity contribution in [2.75, 3.05) is 20.2 Å². The number of aliphatic hydroxyl groups is 2. The van der Waals surface area contributed by atoms with Crippen LogP contribution in [0.4, 0.5) is 4.79 Å². The molecule has 0 saturated heterocycles. The lowest BCUT2D eigenvalue weighted by Crippen LogP contribution is -2.51. The largest absolute Gasteiger partial charge is 0.480 e. The van der Waals surface area contributed by atoms with E-state index in [4.69, 9.17) is 10.2 Å². The summed E-state index contributed by atoms with van der Waals surface area (Å²) in [4.78, 5) is 23.1. The average Bonchev–Trinajstić information content (AvgIpc) is 2.10. The van der Waals surface area contributed by atoms with Crippen LogP contribution in [0.2, 0.25) is 0 Å². The highest BCUT2D eigenvalue weighted by molar-refractivity contribution is 5.82. The summed E-state index contributed by atoms with van der Waals surface area (Å²) in [5, 5.41) is 28.9. The molecular formula is C9H18N2O5. The third-order valence-electron chi connectivity index (χ3n) is 1.75. The van der Waals surface area contributed by atoms with E-state index in [9.17, 15) is 14.7 Å². The van der Waals surface area contributed by atoms with Crippen molar-refractivity contribution in [3.05, 3.63) is 0 Å². The molecule has 7 heteroatoms. The summed E-state index contributed by atoms with van der Waals surface area (Å²) in [5.74, 6) is -1.31. The molecule has 1 atom stereocenters. The van der Waals surface area contributed by atoms with Gasteiger partial charge < -0.3 is 25.5 Å². The molecule has 0 aliphatic heterocycles. The topological polar surface area (TPSA) is 110 Å². The highest BCUT2D eigenvalue weighted by atomic mass is 16.4. The van der Waals surface area contributed by atoms with Crippen molar-refractivity contribution in [1.29, 1.82) is 0 Å². The molecule has 0 fully saturated rings. The minimum absolute atomic E-state index is 0.0522. The first-order chi connectivity index (χ1) is 7.17. The quantitative estimate of drug-likeness (QED) is 0.480. The summed E-state index contributed by atoms with van der Waals surface area (Å²) >= 11 is 0. The number of aliphatic carboxylic acids is 1. The maximum absolute atomic E-state index is 11.4. The highest BCUT2D eigenvalue weighted by Crippen LogP contribution is 2.03. The molecule has 2 amide bonds. The van der Waals surface area contributed by atoms with Crippen LogP contribution in [0.15, 0.2) is 0 Å². The van der Waals surface area contributed by atoms with E-state index in [0.717, 1.165) is 4.90 Å². The van der Waals surface area contributed by atoms with Crippen LogP contribution in [0.5, 0.6) is 0 Å². The van der Waals surface area contributed by atoms with Gasteiger partial charge in [0, 0.05) is 7.05 Å². The third kappa shape index (κ3) is 5.52. The van der Waals surface area contributed by atoms with Crippen molar-refractivity contribution >= 4 is 12.0 Å². The van der Waals surface area contributed by atoms with Crippen LogP contribution < -0.4 is 5.32 Å². The van der Waals surface area contributed by atoms with Gasteiger partial charge in [0.15, 0.2) is 6.04 Å². The van der Waals surface area contributed by atoms with E-state index in [1.807, 2.05) is 0 Å². The Labute approximate surface area is 93.7 Å². The first kappa shape index (κ1) is 14.7. The second-order valence-corrected chi connectivity index (χ2v) is 4.19. The molecule has 0 bridgehead atoms. The molecule has 7 nitrogen and oxygen atoms in total. The Morgan fingerprint density at radius 3 is 2.25 bits per heavy atom. The van der Waals surface area contributed by atoms with E-state index in [-0.39, 0.29) is 6.54 Å². The minimum atomic E-state index is -1.34. The fourth-order valence-corrected chi connectivity index (χ4v) is 1.10. The Hall–Kier alpha value is -1.34. The number of urea groups is 1. The number of carbonyl (C=O) groups is 2. The fraction of sp³-hybridized carbons (Fsp3) is 0.778. The zero-order chi connectivity index (χ0) is 12.9. The fourth-order valence-electron chi connectivity index (χ4n) is 1.10. The Morgan fingerprint density at radius 1 is 1.44 bits per heavy atom. The number of hydrogen-bond donors (Lipinski definition) is 4. The number of aliphatic hydroxyl groups excluding tert-OH is 1. The molecule has 0 radical (unpaired) electrons. The molecule has 0 aromatic carbocycles. The van der Waals surface area contributed by atoms with Gasteiger partial charge >= 0.3 is 12.0 Å². The molecule has 0 aliphatic carbocycles. The van der Waals surface area contributed by atoms with Gasteiger partial charge in [0.25, 0.3) is 0 Å². The average molecular weight is 234 g/mol. The number of rotatable bonds is 5. The summed E-state index contributed by atoms with van der Waals surface area (Å²) < 4.78 is 0. The molecule has 16 heavy (non-hydrogen) atoms. The zero-order valence-corrected chi connectivity index (χ0v) is 9.60. The Balaban J connectivity index is 4.29. The molecule has 0 aromatic heterocycles. The molecular weight excluding hydrogens is 216 g/mol. The smallest absolute Gasteiger partial charge is 0.328 e. The van der Waals surface area contributed by atoms with E-state index < -0.39 is 30.3 Å². The number of hydrogen-bond acceptors (Lipinski definition) is 4. The van der Waals surface area contributed by atoms with Gasteiger partial charge in [-0.3, -0.25) is 0 Å².